The van der Waals surface area contributed by atoms with Gasteiger partial charge in [0.2, 0.25) is 5.91 Å². The summed E-state index contributed by atoms with van der Waals surface area (Å²) < 4.78 is 20.2. The first-order valence-electron chi connectivity index (χ1n) is 11.0. The van der Waals surface area contributed by atoms with E-state index in [-0.39, 0.29) is 36.3 Å². The Morgan fingerprint density at radius 1 is 1.03 bits per heavy atom. The number of para-hydroxylation sites is 1. The monoisotopic (exact) mass is 442 g/mol. The van der Waals surface area contributed by atoms with Gasteiger partial charge in [0.1, 0.15) is 17.6 Å². The Morgan fingerprint density at radius 3 is 2.28 bits per heavy atom. The number of nitrogens with zero attached hydrogens (tertiary/aromatic N) is 1. The second-order valence-corrected chi connectivity index (χ2v) is 9.46. The minimum absolute atomic E-state index is 0.0218. The molecule has 0 saturated heterocycles. The van der Waals surface area contributed by atoms with Crippen LogP contribution >= 0.6 is 0 Å². The fraction of sp³-hybridized carbons (Fsp3) is 0.462. The van der Waals surface area contributed by atoms with Gasteiger partial charge in [0.05, 0.1) is 0 Å². The van der Waals surface area contributed by atoms with Crippen molar-refractivity contribution in [1.29, 1.82) is 0 Å². The first-order chi connectivity index (χ1) is 15.0. The van der Waals surface area contributed by atoms with Gasteiger partial charge in [-0.1, -0.05) is 71.0 Å². The molecule has 2 amide bonds. The number of carbonyl (C=O) groups excluding carboxylic acids is 2. The Labute approximate surface area is 191 Å². The lowest BCUT2D eigenvalue weighted by molar-refractivity contribution is -0.142. The number of amides is 2. The third-order valence-corrected chi connectivity index (χ3v) is 5.20. The predicted octanol–water partition coefficient (Wildman–Crippen LogP) is 4.69. The van der Waals surface area contributed by atoms with Crippen LogP contribution in [0.1, 0.15) is 52.7 Å². The molecular weight excluding hydrogens is 407 g/mol. The van der Waals surface area contributed by atoms with Crippen molar-refractivity contribution < 1.29 is 18.7 Å². The lowest BCUT2D eigenvalue weighted by atomic mass is 9.86. The van der Waals surface area contributed by atoms with E-state index < -0.39 is 11.9 Å². The van der Waals surface area contributed by atoms with Gasteiger partial charge in [-0.2, -0.15) is 0 Å². The Balaban J connectivity index is 2.22. The highest BCUT2D eigenvalue weighted by atomic mass is 19.1. The highest BCUT2D eigenvalue weighted by Crippen LogP contribution is 2.31. The van der Waals surface area contributed by atoms with E-state index in [1.165, 1.54) is 11.0 Å². The maximum Gasteiger partial charge on any atom is 0.261 e. The number of carbonyl (C=O) groups is 2. The van der Waals surface area contributed by atoms with Crippen LogP contribution in [0.5, 0.6) is 5.75 Å². The highest BCUT2D eigenvalue weighted by Gasteiger charge is 2.28. The van der Waals surface area contributed by atoms with Gasteiger partial charge in [0.15, 0.2) is 6.61 Å². The maximum atomic E-state index is 14.3. The molecule has 5 nitrogen and oxygen atoms in total. The molecule has 32 heavy (non-hydrogen) atoms. The van der Waals surface area contributed by atoms with Crippen LogP contribution in [0.2, 0.25) is 0 Å². The van der Waals surface area contributed by atoms with Gasteiger partial charge >= 0.3 is 0 Å². The number of rotatable bonds is 9. The highest BCUT2D eigenvalue weighted by molar-refractivity contribution is 5.88. The van der Waals surface area contributed by atoms with Crippen molar-refractivity contribution >= 4 is 11.8 Å². The lowest BCUT2D eigenvalue weighted by Gasteiger charge is -2.29. The van der Waals surface area contributed by atoms with E-state index in [1.807, 2.05) is 38.1 Å². The topological polar surface area (TPSA) is 58.6 Å². The van der Waals surface area contributed by atoms with E-state index in [9.17, 15) is 14.0 Å². The average Bonchev–Trinajstić information content (AvgIpc) is 2.74. The van der Waals surface area contributed by atoms with E-state index in [0.29, 0.717) is 17.9 Å². The molecule has 0 aliphatic carbocycles. The molecule has 2 aromatic rings. The molecule has 0 aliphatic rings. The van der Waals surface area contributed by atoms with Crippen LogP contribution in [0, 0.1) is 11.7 Å². The number of ether oxygens (including phenoxy) is 1. The Kier molecular flexibility index (Phi) is 8.81. The van der Waals surface area contributed by atoms with Gasteiger partial charge in [-0.25, -0.2) is 4.39 Å². The van der Waals surface area contributed by atoms with Crippen molar-refractivity contribution in [3.63, 3.8) is 0 Å². The second-order valence-electron chi connectivity index (χ2n) is 9.46. The van der Waals surface area contributed by atoms with Crippen LogP contribution in [-0.4, -0.2) is 35.9 Å². The van der Waals surface area contributed by atoms with E-state index in [1.54, 1.807) is 25.1 Å². The first kappa shape index (κ1) is 25.4. The van der Waals surface area contributed by atoms with Gasteiger partial charge in [0.25, 0.3) is 5.91 Å². The average molecular weight is 443 g/mol. The summed E-state index contributed by atoms with van der Waals surface area (Å²) >= 11 is 0. The van der Waals surface area contributed by atoms with Crippen molar-refractivity contribution in [1.82, 2.24) is 10.2 Å². The molecular formula is C26H35FN2O3. The van der Waals surface area contributed by atoms with Crippen LogP contribution in [0.4, 0.5) is 4.39 Å². The van der Waals surface area contributed by atoms with Crippen LogP contribution in [0.25, 0.3) is 0 Å². The molecule has 1 N–H and O–H groups in total. The number of benzene rings is 2. The van der Waals surface area contributed by atoms with E-state index >= 15 is 0 Å². The molecule has 0 aromatic heterocycles. The van der Waals surface area contributed by atoms with Crippen LogP contribution in [0.3, 0.4) is 0 Å². The third kappa shape index (κ3) is 7.08. The first-order valence-corrected chi connectivity index (χ1v) is 11.0. The molecule has 1 atom stereocenters. The molecule has 0 bridgehead atoms. The van der Waals surface area contributed by atoms with E-state index in [0.717, 1.165) is 5.56 Å². The zero-order chi connectivity index (χ0) is 23.9. The largest absolute Gasteiger partial charge is 0.483 e. The van der Waals surface area contributed by atoms with Gasteiger partial charge in [-0.3, -0.25) is 9.59 Å². The van der Waals surface area contributed by atoms with Gasteiger partial charge in [-0.15, -0.1) is 0 Å². The zero-order valence-corrected chi connectivity index (χ0v) is 19.9. The molecule has 174 valence electrons. The van der Waals surface area contributed by atoms with Gasteiger partial charge < -0.3 is 15.0 Å². The summed E-state index contributed by atoms with van der Waals surface area (Å²) in [4.78, 5) is 27.2. The smallest absolute Gasteiger partial charge is 0.261 e. The SMILES string of the molecule is CC(C)CNC(=O)[C@H](C)N(Cc1ccccc1F)C(=O)COc1ccccc1C(C)(C)C. The normalized spacial score (nSPS) is 12.4. The second kappa shape index (κ2) is 11.1. The summed E-state index contributed by atoms with van der Waals surface area (Å²) in [6.45, 7) is 12.1. The van der Waals surface area contributed by atoms with Crippen LogP contribution in [-0.2, 0) is 21.5 Å². The summed E-state index contributed by atoms with van der Waals surface area (Å²) in [5.41, 5.74) is 1.17. The quantitative estimate of drug-likeness (QED) is 0.613. The Hall–Kier alpha value is -2.89. The molecule has 6 heteroatoms. The van der Waals surface area contributed by atoms with E-state index in [2.05, 4.69) is 26.1 Å². The number of hydrogen-bond donors (Lipinski definition) is 1. The molecule has 2 aromatic carbocycles. The Bertz CT molecular complexity index is 921. The molecule has 0 unspecified atom stereocenters. The van der Waals surface area contributed by atoms with Crippen LogP contribution < -0.4 is 10.1 Å². The summed E-state index contributed by atoms with van der Waals surface area (Å²) in [5, 5.41) is 2.85. The standard InChI is InChI=1S/C26H35FN2O3/c1-18(2)15-28-25(31)19(3)29(16-20-11-7-9-13-22(20)27)24(30)17-32-23-14-10-8-12-21(23)26(4,5)6/h7-14,18-19H,15-17H2,1-6H3,(H,28,31)/t19-/m0/s1. The van der Waals surface area contributed by atoms with Crippen molar-refractivity contribution in [2.75, 3.05) is 13.2 Å². The van der Waals surface area contributed by atoms with Crippen molar-refractivity contribution in [3.05, 3.63) is 65.5 Å². The summed E-state index contributed by atoms with van der Waals surface area (Å²) in [7, 11) is 0. The van der Waals surface area contributed by atoms with Crippen LogP contribution in [0.15, 0.2) is 48.5 Å². The van der Waals surface area contributed by atoms with E-state index in [4.69, 9.17) is 4.74 Å². The Morgan fingerprint density at radius 2 is 1.66 bits per heavy atom. The molecule has 0 saturated carbocycles. The zero-order valence-electron chi connectivity index (χ0n) is 19.9. The molecule has 0 aliphatic heterocycles. The number of nitrogens with one attached hydrogen (secondary N) is 1. The summed E-state index contributed by atoms with van der Waals surface area (Å²) in [6, 6.07) is 13.1. The maximum absolute atomic E-state index is 14.3. The third-order valence-electron chi connectivity index (χ3n) is 5.20. The predicted molar refractivity (Wildman–Crippen MR) is 125 cm³/mol. The summed E-state index contributed by atoms with van der Waals surface area (Å²) in [6.07, 6.45) is 0. The number of halogens is 1. The fourth-order valence-electron chi connectivity index (χ4n) is 3.28. The summed E-state index contributed by atoms with van der Waals surface area (Å²) in [5.74, 6) is -0.183. The molecule has 0 spiro atoms. The van der Waals surface area contributed by atoms with Gasteiger partial charge in [0, 0.05) is 18.7 Å². The van der Waals surface area contributed by atoms with Crippen molar-refractivity contribution in [2.45, 2.75) is 59.5 Å². The van der Waals surface area contributed by atoms with Crippen molar-refractivity contribution in [3.8, 4) is 5.75 Å². The molecule has 2 rings (SSSR count). The molecule has 0 radical (unpaired) electrons. The lowest BCUT2D eigenvalue weighted by Crippen LogP contribution is -2.49. The molecule has 0 fully saturated rings. The minimum Gasteiger partial charge on any atom is -0.483 e. The number of hydrogen-bond acceptors (Lipinski definition) is 3. The molecule has 0 heterocycles. The fourth-order valence-corrected chi connectivity index (χ4v) is 3.28. The minimum atomic E-state index is -0.776. The van der Waals surface area contributed by atoms with Gasteiger partial charge in [-0.05, 0) is 36.0 Å². The van der Waals surface area contributed by atoms with Crippen molar-refractivity contribution in [2.24, 2.45) is 5.92 Å².